The molecule has 0 atom stereocenters. The molecule has 19 heavy (non-hydrogen) atoms. The van der Waals surface area contributed by atoms with Crippen LogP contribution in [0.1, 0.15) is 0 Å². The topological polar surface area (TPSA) is 129 Å². The third kappa shape index (κ3) is 1.60. The van der Waals surface area contributed by atoms with Gasteiger partial charge < -0.3 is 10.1 Å². The van der Waals surface area contributed by atoms with E-state index in [1.54, 1.807) is 6.07 Å². The number of hydrogen-bond acceptors (Lipinski definition) is 6. The summed E-state index contributed by atoms with van der Waals surface area (Å²) in [7, 11) is 2.53. The van der Waals surface area contributed by atoms with Crippen LogP contribution in [0, 0.1) is 21.4 Å². The number of aromatic nitrogens is 4. The summed E-state index contributed by atoms with van der Waals surface area (Å²) in [4.78, 5) is 37.5. The van der Waals surface area contributed by atoms with E-state index in [1.165, 1.54) is 14.1 Å². The zero-order valence-corrected chi connectivity index (χ0v) is 10.0. The van der Waals surface area contributed by atoms with Crippen LogP contribution in [0.4, 0.5) is 5.95 Å². The highest BCUT2D eigenvalue weighted by atomic mass is 16.6. The third-order valence-corrected chi connectivity index (χ3v) is 2.73. The minimum Gasteiger partial charge on any atom is -0.390 e. The molecular formula is C9H8N6O4. The second kappa shape index (κ2) is 4.05. The molecule has 10 heteroatoms. The summed E-state index contributed by atoms with van der Waals surface area (Å²) in [5.41, 5.74) is -1.70. The molecule has 0 amide bonds. The van der Waals surface area contributed by atoms with Gasteiger partial charge in [-0.25, -0.2) is 13.9 Å². The van der Waals surface area contributed by atoms with Crippen molar-refractivity contribution in [2.75, 3.05) is 0 Å². The van der Waals surface area contributed by atoms with Gasteiger partial charge in [-0.1, -0.05) is 0 Å². The molecule has 0 saturated heterocycles. The van der Waals surface area contributed by atoms with Gasteiger partial charge in [0.2, 0.25) is 5.52 Å². The molecular weight excluding hydrogens is 256 g/mol. The number of nitrogens with zero attached hydrogens (tertiary/aromatic N) is 6. The SMILES string of the molecule is Cn1c(=O)c2c(nc([N+](=O)[O-])n2C)n(CC#N)c1=O. The average molecular weight is 264 g/mol. The zero-order chi connectivity index (χ0) is 14.3. The summed E-state index contributed by atoms with van der Waals surface area (Å²) < 4.78 is 2.69. The van der Waals surface area contributed by atoms with Crippen molar-refractivity contribution >= 4 is 17.1 Å². The first-order chi connectivity index (χ1) is 8.90. The molecule has 0 aliphatic heterocycles. The van der Waals surface area contributed by atoms with Gasteiger partial charge in [0.05, 0.1) is 13.1 Å². The molecule has 0 aliphatic carbocycles. The van der Waals surface area contributed by atoms with Crippen LogP contribution < -0.4 is 11.2 Å². The van der Waals surface area contributed by atoms with E-state index in [0.29, 0.717) is 0 Å². The Bertz CT molecular complexity index is 849. The predicted molar refractivity (Wildman–Crippen MR) is 62.5 cm³/mol. The molecule has 0 unspecified atom stereocenters. The fourth-order valence-corrected chi connectivity index (χ4v) is 1.79. The van der Waals surface area contributed by atoms with Gasteiger partial charge in [0.1, 0.15) is 6.54 Å². The Hall–Kier alpha value is -2.96. The minimum absolute atomic E-state index is 0.0935. The summed E-state index contributed by atoms with van der Waals surface area (Å²) in [6.07, 6.45) is 0. The number of aryl methyl sites for hydroxylation is 1. The van der Waals surface area contributed by atoms with E-state index in [2.05, 4.69) is 4.98 Å². The molecule has 0 N–H and O–H groups in total. The second-order valence-corrected chi connectivity index (χ2v) is 3.79. The van der Waals surface area contributed by atoms with Crippen LogP contribution in [0.3, 0.4) is 0 Å². The van der Waals surface area contributed by atoms with E-state index in [9.17, 15) is 19.7 Å². The van der Waals surface area contributed by atoms with E-state index in [1.807, 2.05) is 0 Å². The van der Waals surface area contributed by atoms with Crippen molar-refractivity contribution in [2.45, 2.75) is 6.54 Å². The number of imidazole rings is 1. The summed E-state index contributed by atoms with van der Waals surface area (Å²) in [6, 6.07) is 1.75. The van der Waals surface area contributed by atoms with Crippen LogP contribution in [0.25, 0.3) is 11.2 Å². The molecule has 0 fully saturated rings. The maximum absolute atomic E-state index is 11.9. The highest BCUT2D eigenvalue weighted by Crippen LogP contribution is 2.15. The lowest BCUT2D eigenvalue weighted by Crippen LogP contribution is -2.38. The standard InChI is InChI=1S/C9H8N6O4/c1-12-5-6(11-8(12)15(18)19)14(4-3-10)9(17)13(2)7(5)16/h4H2,1-2H3. The molecule has 2 rings (SSSR count). The van der Waals surface area contributed by atoms with Crippen molar-refractivity contribution in [1.82, 2.24) is 18.7 Å². The van der Waals surface area contributed by atoms with Crippen LogP contribution in [-0.4, -0.2) is 23.6 Å². The third-order valence-electron chi connectivity index (χ3n) is 2.73. The Kier molecular flexibility index (Phi) is 2.67. The number of rotatable bonds is 2. The lowest BCUT2D eigenvalue weighted by molar-refractivity contribution is -0.396. The molecule has 98 valence electrons. The maximum Gasteiger partial charge on any atom is 0.437 e. The van der Waals surface area contributed by atoms with Crippen LogP contribution in [0.2, 0.25) is 0 Å². The van der Waals surface area contributed by atoms with Gasteiger partial charge in [-0.15, -0.1) is 0 Å². The second-order valence-electron chi connectivity index (χ2n) is 3.79. The van der Waals surface area contributed by atoms with E-state index in [4.69, 9.17) is 5.26 Å². The number of nitro groups is 1. The van der Waals surface area contributed by atoms with E-state index >= 15 is 0 Å². The maximum atomic E-state index is 11.9. The van der Waals surface area contributed by atoms with E-state index < -0.39 is 22.1 Å². The molecule has 0 aliphatic rings. The quantitative estimate of drug-likeness (QED) is 0.498. The molecule has 2 heterocycles. The van der Waals surface area contributed by atoms with Gasteiger partial charge in [-0.2, -0.15) is 5.26 Å². The Labute approximate surface area is 104 Å². The molecule has 0 saturated carbocycles. The highest BCUT2D eigenvalue weighted by molar-refractivity contribution is 5.72. The number of fused-ring (bicyclic) bond motifs is 1. The molecule has 0 bridgehead atoms. The summed E-state index contributed by atoms with van der Waals surface area (Å²) in [5.74, 6) is -0.565. The fraction of sp³-hybridized carbons (Fsp3) is 0.333. The average Bonchev–Trinajstić information content (AvgIpc) is 2.70. The monoisotopic (exact) mass is 264 g/mol. The smallest absolute Gasteiger partial charge is 0.390 e. The fourth-order valence-electron chi connectivity index (χ4n) is 1.79. The van der Waals surface area contributed by atoms with Crippen LogP contribution in [0.5, 0.6) is 0 Å². The Morgan fingerprint density at radius 1 is 1.37 bits per heavy atom. The minimum atomic E-state index is -0.763. The molecule has 0 aromatic carbocycles. The lowest BCUT2D eigenvalue weighted by Gasteiger charge is -2.01. The van der Waals surface area contributed by atoms with Crippen molar-refractivity contribution in [2.24, 2.45) is 14.1 Å². The lowest BCUT2D eigenvalue weighted by atomic mass is 10.5. The largest absolute Gasteiger partial charge is 0.437 e. The van der Waals surface area contributed by atoms with E-state index in [-0.39, 0.29) is 17.7 Å². The Balaban J connectivity index is 3.09. The van der Waals surface area contributed by atoms with Gasteiger partial charge >= 0.3 is 11.6 Å². The Morgan fingerprint density at radius 2 is 2.00 bits per heavy atom. The number of nitriles is 1. The van der Waals surface area contributed by atoms with Crippen LogP contribution >= 0.6 is 0 Å². The van der Waals surface area contributed by atoms with Crippen molar-refractivity contribution in [3.05, 3.63) is 31.0 Å². The van der Waals surface area contributed by atoms with Gasteiger partial charge in [0.15, 0.2) is 0 Å². The molecule has 0 radical (unpaired) electrons. The van der Waals surface area contributed by atoms with Gasteiger partial charge in [0, 0.05) is 7.05 Å². The highest BCUT2D eigenvalue weighted by Gasteiger charge is 2.26. The molecule has 2 aromatic rings. The first kappa shape index (κ1) is 12.5. The molecule has 0 spiro atoms. The van der Waals surface area contributed by atoms with Gasteiger partial charge in [-0.05, 0) is 9.91 Å². The predicted octanol–water partition coefficient (Wildman–Crippen LogP) is -1.13. The van der Waals surface area contributed by atoms with Gasteiger partial charge in [-0.3, -0.25) is 9.36 Å². The van der Waals surface area contributed by atoms with Crippen LogP contribution in [-0.2, 0) is 20.6 Å². The van der Waals surface area contributed by atoms with Crippen molar-refractivity contribution < 1.29 is 4.92 Å². The first-order valence-corrected chi connectivity index (χ1v) is 5.07. The van der Waals surface area contributed by atoms with Crippen molar-refractivity contribution in [3.8, 4) is 6.07 Å². The summed E-state index contributed by atoms with van der Waals surface area (Å²) in [6.45, 7) is -0.350. The summed E-state index contributed by atoms with van der Waals surface area (Å²) >= 11 is 0. The van der Waals surface area contributed by atoms with Crippen molar-refractivity contribution in [3.63, 3.8) is 0 Å². The molecule has 10 nitrogen and oxygen atoms in total. The van der Waals surface area contributed by atoms with Gasteiger partial charge in [0.25, 0.3) is 11.2 Å². The first-order valence-electron chi connectivity index (χ1n) is 5.07. The zero-order valence-electron chi connectivity index (χ0n) is 10.0. The Morgan fingerprint density at radius 3 is 2.53 bits per heavy atom. The van der Waals surface area contributed by atoms with Crippen molar-refractivity contribution in [1.29, 1.82) is 5.26 Å². The molecule has 2 aromatic heterocycles. The van der Waals surface area contributed by atoms with Crippen LogP contribution in [0.15, 0.2) is 9.59 Å². The summed E-state index contributed by atoms with van der Waals surface area (Å²) in [5, 5.41) is 19.5. The number of hydrogen-bond donors (Lipinski definition) is 0. The normalized spacial score (nSPS) is 10.6. The van der Waals surface area contributed by atoms with E-state index in [0.717, 1.165) is 13.7 Å².